The van der Waals surface area contributed by atoms with E-state index < -0.39 is 17.5 Å². The molecule has 0 bridgehead atoms. The number of carboxylic acid groups (broad SMARTS) is 1. The van der Waals surface area contributed by atoms with Gasteiger partial charge in [-0.3, -0.25) is 4.79 Å². The smallest absolute Gasteiger partial charge is 0.346 e. The van der Waals surface area contributed by atoms with Crippen LogP contribution in [-0.4, -0.2) is 36.2 Å². The van der Waals surface area contributed by atoms with E-state index in [9.17, 15) is 14.7 Å². The number of carbonyl (C=O) groups is 2. The molecule has 2 aliphatic rings. The van der Waals surface area contributed by atoms with Crippen molar-refractivity contribution in [2.45, 2.75) is 25.4 Å². The van der Waals surface area contributed by atoms with Crippen LogP contribution < -0.4 is 15.4 Å². The van der Waals surface area contributed by atoms with E-state index >= 15 is 0 Å². The molecule has 1 atom stereocenters. The fraction of sp³-hybridized carbons (Fsp3) is 0.467. The average Bonchev–Trinajstić information content (AvgIpc) is 2.45. The molecular weight excluding hydrogens is 272 g/mol. The first-order valence-electron chi connectivity index (χ1n) is 7.08. The number of carbonyl (C=O) groups excluding carboxylic acids is 1. The van der Waals surface area contributed by atoms with Crippen LogP contribution in [0.5, 0.6) is 5.75 Å². The van der Waals surface area contributed by atoms with Crippen molar-refractivity contribution in [3.63, 3.8) is 0 Å². The number of nitrogens with two attached hydrogens (primary N) is 1. The van der Waals surface area contributed by atoms with Crippen LogP contribution in [0.3, 0.4) is 0 Å². The molecule has 6 heteroatoms. The zero-order valence-corrected chi connectivity index (χ0v) is 11.6. The number of rotatable bonds is 3. The number of aliphatic carboxylic acids is 1. The van der Waals surface area contributed by atoms with Crippen molar-refractivity contribution in [2.75, 3.05) is 18.0 Å². The summed E-state index contributed by atoms with van der Waals surface area (Å²) in [6.07, 6.45) is 1.47. The fourth-order valence-electron chi connectivity index (χ4n) is 2.95. The Balaban J connectivity index is 1.96. The maximum absolute atomic E-state index is 12.9. The predicted octanol–water partition coefficient (Wildman–Crippen LogP) is 0.994. The fourth-order valence-corrected chi connectivity index (χ4v) is 2.95. The van der Waals surface area contributed by atoms with Crippen molar-refractivity contribution in [3.05, 3.63) is 24.3 Å². The number of ether oxygens (including phenoxy) is 1. The highest BCUT2D eigenvalue weighted by molar-refractivity contribution is 6.00. The topological polar surface area (TPSA) is 92.9 Å². The van der Waals surface area contributed by atoms with Crippen LogP contribution in [-0.2, 0) is 9.59 Å². The van der Waals surface area contributed by atoms with Gasteiger partial charge in [0, 0.05) is 6.54 Å². The summed E-state index contributed by atoms with van der Waals surface area (Å²) in [6.45, 7) is 0.316. The van der Waals surface area contributed by atoms with E-state index in [1.54, 1.807) is 24.3 Å². The molecule has 1 saturated carbocycles. The molecule has 0 spiro atoms. The molecule has 1 aliphatic carbocycles. The summed E-state index contributed by atoms with van der Waals surface area (Å²) in [4.78, 5) is 25.6. The molecule has 112 valence electrons. The van der Waals surface area contributed by atoms with Crippen LogP contribution in [0.1, 0.15) is 19.3 Å². The molecule has 0 aromatic heterocycles. The van der Waals surface area contributed by atoms with E-state index in [2.05, 4.69) is 0 Å². The molecule has 1 unspecified atom stereocenters. The molecule has 1 amide bonds. The van der Waals surface area contributed by atoms with Gasteiger partial charge in [0.1, 0.15) is 5.75 Å². The van der Waals surface area contributed by atoms with Gasteiger partial charge in [0.2, 0.25) is 12.0 Å². The summed E-state index contributed by atoms with van der Waals surface area (Å²) >= 11 is 0. The summed E-state index contributed by atoms with van der Waals surface area (Å²) in [7, 11) is 0. The van der Waals surface area contributed by atoms with Crippen molar-refractivity contribution in [1.29, 1.82) is 0 Å². The standard InChI is InChI=1S/C15H18N2O4/c16-9-15(6-3-7-15)14(20)17-8-12(13(18)19)21-11-5-2-1-4-10(11)17/h1-2,4-5,12H,3,6-9,16H2,(H,18,19). The number of hydrogen-bond donors (Lipinski definition) is 2. The van der Waals surface area contributed by atoms with E-state index in [-0.39, 0.29) is 12.5 Å². The lowest BCUT2D eigenvalue weighted by atomic mass is 9.67. The van der Waals surface area contributed by atoms with Crippen molar-refractivity contribution in [2.24, 2.45) is 11.1 Å². The molecule has 1 heterocycles. The summed E-state index contributed by atoms with van der Waals surface area (Å²) in [5.74, 6) is -0.730. The predicted molar refractivity (Wildman–Crippen MR) is 76.2 cm³/mol. The van der Waals surface area contributed by atoms with E-state index in [0.29, 0.717) is 18.0 Å². The first-order valence-corrected chi connectivity index (χ1v) is 7.08. The van der Waals surface area contributed by atoms with Crippen LogP contribution in [0, 0.1) is 5.41 Å². The molecule has 6 nitrogen and oxygen atoms in total. The lowest BCUT2D eigenvalue weighted by molar-refractivity contribution is -0.145. The molecule has 1 aromatic carbocycles. The normalized spacial score (nSPS) is 22.7. The van der Waals surface area contributed by atoms with Crippen molar-refractivity contribution in [3.8, 4) is 5.75 Å². The van der Waals surface area contributed by atoms with Crippen LogP contribution in [0.15, 0.2) is 24.3 Å². The highest BCUT2D eigenvalue weighted by Crippen LogP contribution is 2.44. The summed E-state index contributed by atoms with van der Waals surface area (Å²) in [5.41, 5.74) is 5.89. The Morgan fingerprint density at radius 2 is 2.10 bits per heavy atom. The largest absolute Gasteiger partial charge is 0.478 e. The molecule has 3 rings (SSSR count). The van der Waals surface area contributed by atoms with Gasteiger partial charge in [-0.05, 0) is 25.0 Å². The van der Waals surface area contributed by atoms with Crippen LogP contribution in [0.4, 0.5) is 5.69 Å². The molecule has 0 saturated heterocycles. The first-order chi connectivity index (χ1) is 10.1. The first kappa shape index (κ1) is 13.9. The second-order valence-electron chi connectivity index (χ2n) is 5.67. The van der Waals surface area contributed by atoms with Gasteiger partial charge >= 0.3 is 5.97 Å². The van der Waals surface area contributed by atoms with Crippen molar-refractivity contribution < 1.29 is 19.4 Å². The zero-order chi connectivity index (χ0) is 15.0. The second-order valence-corrected chi connectivity index (χ2v) is 5.67. The Bertz CT molecular complexity index is 577. The van der Waals surface area contributed by atoms with Gasteiger partial charge in [0.25, 0.3) is 0 Å². The Kier molecular flexibility index (Phi) is 3.33. The lowest BCUT2D eigenvalue weighted by Crippen LogP contribution is -2.56. The third-order valence-electron chi connectivity index (χ3n) is 4.45. The van der Waals surface area contributed by atoms with Crippen molar-refractivity contribution in [1.82, 2.24) is 0 Å². The number of para-hydroxylation sites is 2. The van der Waals surface area contributed by atoms with Gasteiger partial charge in [-0.1, -0.05) is 18.6 Å². The summed E-state index contributed by atoms with van der Waals surface area (Å²) in [6, 6.07) is 7.02. The van der Waals surface area contributed by atoms with Gasteiger partial charge in [-0.25, -0.2) is 4.79 Å². The van der Waals surface area contributed by atoms with Gasteiger partial charge < -0.3 is 20.5 Å². The number of anilines is 1. The minimum absolute atomic E-state index is 0.0208. The molecular formula is C15H18N2O4. The van der Waals surface area contributed by atoms with Gasteiger partial charge in [-0.15, -0.1) is 0 Å². The molecule has 1 aromatic rings. The van der Waals surface area contributed by atoms with Crippen LogP contribution in [0.2, 0.25) is 0 Å². The number of amides is 1. The quantitative estimate of drug-likeness (QED) is 0.866. The van der Waals surface area contributed by atoms with Gasteiger partial charge in [-0.2, -0.15) is 0 Å². The van der Waals surface area contributed by atoms with Gasteiger partial charge in [0.05, 0.1) is 17.6 Å². The number of benzene rings is 1. The number of carboxylic acids is 1. The van der Waals surface area contributed by atoms with E-state index in [1.807, 2.05) is 0 Å². The Labute approximate surface area is 122 Å². The monoisotopic (exact) mass is 290 g/mol. The third-order valence-corrected chi connectivity index (χ3v) is 4.45. The molecule has 1 fully saturated rings. The summed E-state index contributed by atoms with van der Waals surface area (Å²) < 4.78 is 5.45. The Morgan fingerprint density at radius 3 is 2.67 bits per heavy atom. The highest BCUT2D eigenvalue weighted by Gasteiger charge is 2.47. The van der Waals surface area contributed by atoms with E-state index in [4.69, 9.17) is 10.5 Å². The molecule has 0 radical (unpaired) electrons. The van der Waals surface area contributed by atoms with Gasteiger partial charge in [0.15, 0.2) is 0 Å². The molecule has 1 aliphatic heterocycles. The second kappa shape index (κ2) is 5.04. The zero-order valence-electron chi connectivity index (χ0n) is 11.6. The lowest BCUT2D eigenvalue weighted by Gasteiger charge is -2.44. The highest BCUT2D eigenvalue weighted by atomic mass is 16.5. The SMILES string of the molecule is NCC1(C(=O)N2CC(C(=O)O)Oc3ccccc32)CCC1. The van der Waals surface area contributed by atoms with E-state index in [1.165, 1.54) is 4.90 Å². The van der Waals surface area contributed by atoms with E-state index in [0.717, 1.165) is 19.3 Å². The Hall–Kier alpha value is -2.08. The molecule has 3 N–H and O–H groups in total. The Morgan fingerprint density at radius 1 is 1.38 bits per heavy atom. The van der Waals surface area contributed by atoms with Crippen LogP contribution in [0.25, 0.3) is 0 Å². The maximum atomic E-state index is 12.9. The number of nitrogens with zero attached hydrogens (tertiary/aromatic N) is 1. The average molecular weight is 290 g/mol. The number of fused-ring (bicyclic) bond motifs is 1. The van der Waals surface area contributed by atoms with Crippen molar-refractivity contribution >= 4 is 17.6 Å². The minimum Gasteiger partial charge on any atom is -0.478 e. The summed E-state index contributed by atoms with van der Waals surface area (Å²) in [5, 5.41) is 9.21. The minimum atomic E-state index is -1.07. The third kappa shape index (κ3) is 2.15. The molecule has 21 heavy (non-hydrogen) atoms. The van der Waals surface area contributed by atoms with Crippen LogP contribution >= 0.6 is 0 Å². The number of hydrogen-bond acceptors (Lipinski definition) is 4. The maximum Gasteiger partial charge on any atom is 0.346 e.